The number of aryl methyl sites for hydroxylation is 1. The van der Waals surface area contributed by atoms with Gasteiger partial charge in [-0.2, -0.15) is 0 Å². The van der Waals surface area contributed by atoms with Crippen molar-refractivity contribution in [1.29, 1.82) is 0 Å². The second-order valence-corrected chi connectivity index (χ2v) is 8.51. The van der Waals surface area contributed by atoms with Gasteiger partial charge in [-0.25, -0.2) is 9.37 Å². The molecule has 0 spiro atoms. The smallest absolute Gasteiger partial charge is 0.273 e. The second kappa shape index (κ2) is 10.6. The lowest BCUT2D eigenvalue weighted by atomic mass is 10.1. The molecule has 1 aromatic heterocycles. The zero-order valence-electron chi connectivity index (χ0n) is 20.2. The molecule has 0 bridgehead atoms. The SMILES string of the molecule is CC[C@H](C)NC(=O)c1coc(CN2C(=O)COc3ccc(C(=O)COc4cc(C)ccc4F)cc32)n1. The van der Waals surface area contributed by atoms with E-state index < -0.39 is 11.6 Å². The van der Waals surface area contributed by atoms with E-state index in [9.17, 15) is 18.8 Å². The highest BCUT2D eigenvalue weighted by molar-refractivity contribution is 6.02. The fourth-order valence-corrected chi connectivity index (χ4v) is 3.52. The monoisotopic (exact) mass is 495 g/mol. The van der Waals surface area contributed by atoms with Crippen LogP contribution in [0.15, 0.2) is 47.1 Å². The molecule has 1 aliphatic heterocycles. The summed E-state index contributed by atoms with van der Waals surface area (Å²) in [7, 11) is 0. The van der Waals surface area contributed by atoms with Gasteiger partial charge in [0.2, 0.25) is 5.89 Å². The van der Waals surface area contributed by atoms with Crippen LogP contribution >= 0.6 is 0 Å². The molecule has 2 heterocycles. The van der Waals surface area contributed by atoms with E-state index in [0.717, 1.165) is 12.0 Å². The Labute approximate surface area is 207 Å². The minimum absolute atomic E-state index is 0.0153. The number of benzene rings is 2. The van der Waals surface area contributed by atoms with Crippen LogP contribution < -0.4 is 19.7 Å². The predicted octanol–water partition coefficient (Wildman–Crippen LogP) is 3.84. The van der Waals surface area contributed by atoms with Crippen molar-refractivity contribution < 1.29 is 32.7 Å². The van der Waals surface area contributed by atoms with Crippen molar-refractivity contribution in [2.45, 2.75) is 39.8 Å². The van der Waals surface area contributed by atoms with E-state index in [1.807, 2.05) is 13.8 Å². The minimum Gasteiger partial charge on any atom is -0.482 e. The van der Waals surface area contributed by atoms with Gasteiger partial charge in [0.05, 0.1) is 5.69 Å². The quantitative estimate of drug-likeness (QED) is 0.449. The van der Waals surface area contributed by atoms with E-state index in [4.69, 9.17) is 13.9 Å². The van der Waals surface area contributed by atoms with Crippen molar-refractivity contribution in [1.82, 2.24) is 10.3 Å². The summed E-state index contributed by atoms with van der Waals surface area (Å²) in [5.41, 5.74) is 1.51. The summed E-state index contributed by atoms with van der Waals surface area (Å²) in [6.45, 7) is 4.98. The van der Waals surface area contributed by atoms with Gasteiger partial charge < -0.3 is 19.2 Å². The third kappa shape index (κ3) is 5.54. The van der Waals surface area contributed by atoms with E-state index in [-0.39, 0.29) is 60.5 Å². The molecule has 9 nitrogen and oxygen atoms in total. The van der Waals surface area contributed by atoms with Crippen LogP contribution in [0.2, 0.25) is 0 Å². The third-order valence-electron chi connectivity index (χ3n) is 5.74. The van der Waals surface area contributed by atoms with Crippen LogP contribution in [0.25, 0.3) is 0 Å². The number of hydrogen-bond donors (Lipinski definition) is 1. The molecule has 3 aromatic rings. The van der Waals surface area contributed by atoms with Crippen LogP contribution in [0.5, 0.6) is 11.5 Å². The Morgan fingerprint density at radius 1 is 1.25 bits per heavy atom. The highest BCUT2D eigenvalue weighted by Gasteiger charge is 2.28. The number of aromatic nitrogens is 1. The van der Waals surface area contributed by atoms with Gasteiger partial charge in [0.15, 0.2) is 36.3 Å². The number of amides is 2. The second-order valence-electron chi connectivity index (χ2n) is 8.51. The maximum atomic E-state index is 13.9. The number of ketones is 1. The Hall–Kier alpha value is -4.21. The third-order valence-corrected chi connectivity index (χ3v) is 5.74. The number of fused-ring (bicyclic) bond motifs is 1. The molecule has 0 aliphatic carbocycles. The van der Waals surface area contributed by atoms with E-state index in [2.05, 4.69) is 10.3 Å². The topological polar surface area (TPSA) is 111 Å². The Morgan fingerprint density at radius 3 is 2.83 bits per heavy atom. The molecule has 10 heteroatoms. The van der Waals surface area contributed by atoms with Crippen molar-refractivity contribution in [3.63, 3.8) is 0 Å². The van der Waals surface area contributed by atoms with Gasteiger partial charge in [0, 0.05) is 11.6 Å². The Kier molecular flexibility index (Phi) is 7.33. The zero-order valence-corrected chi connectivity index (χ0v) is 20.2. The normalized spacial score (nSPS) is 13.6. The number of ether oxygens (including phenoxy) is 2. The van der Waals surface area contributed by atoms with Gasteiger partial charge in [-0.15, -0.1) is 0 Å². The number of hydrogen-bond acceptors (Lipinski definition) is 7. The molecule has 188 valence electrons. The molecule has 0 radical (unpaired) electrons. The highest BCUT2D eigenvalue weighted by atomic mass is 19.1. The van der Waals surface area contributed by atoms with E-state index >= 15 is 0 Å². The Balaban J connectivity index is 1.50. The molecule has 0 saturated carbocycles. The highest BCUT2D eigenvalue weighted by Crippen LogP contribution is 2.34. The first-order valence-corrected chi connectivity index (χ1v) is 11.5. The van der Waals surface area contributed by atoms with Crippen molar-refractivity contribution in [2.75, 3.05) is 18.1 Å². The lowest BCUT2D eigenvalue weighted by Gasteiger charge is -2.28. The molecule has 2 aromatic carbocycles. The van der Waals surface area contributed by atoms with Crippen LogP contribution in [0, 0.1) is 12.7 Å². The van der Waals surface area contributed by atoms with Crippen molar-refractivity contribution in [3.8, 4) is 11.5 Å². The molecule has 2 amide bonds. The van der Waals surface area contributed by atoms with Crippen LogP contribution in [-0.2, 0) is 11.3 Å². The summed E-state index contributed by atoms with van der Waals surface area (Å²) in [6, 6.07) is 9.00. The van der Waals surface area contributed by atoms with Crippen LogP contribution in [-0.4, -0.2) is 41.8 Å². The Morgan fingerprint density at radius 2 is 2.06 bits per heavy atom. The van der Waals surface area contributed by atoms with Crippen molar-refractivity contribution >= 4 is 23.3 Å². The number of carbonyl (C=O) groups is 3. The lowest BCUT2D eigenvalue weighted by Crippen LogP contribution is -2.38. The molecule has 0 saturated heterocycles. The number of rotatable bonds is 9. The summed E-state index contributed by atoms with van der Waals surface area (Å²) >= 11 is 0. The molecular weight excluding hydrogens is 469 g/mol. The van der Waals surface area contributed by atoms with Crippen LogP contribution in [0.4, 0.5) is 10.1 Å². The zero-order chi connectivity index (χ0) is 25.8. The first-order valence-electron chi connectivity index (χ1n) is 11.5. The predicted molar refractivity (Wildman–Crippen MR) is 128 cm³/mol. The van der Waals surface area contributed by atoms with Gasteiger partial charge in [-0.1, -0.05) is 13.0 Å². The number of halogens is 1. The molecule has 4 rings (SSSR count). The number of nitrogens with zero attached hydrogens (tertiary/aromatic N) is 2. The average molecular weight is 496 g/mol. The maximum Gasteiger partial charge on any atom is 0.273 e. The summed E-state index contributed by atoms with van der Waals surface area (Å²) < 4.78 is 30.2. The number of nitrogens with one attached hydrogen (secondary N) is 1. The molecule has 1 aliphatic rings. The Bertz CT molecular complexity index is 1300. The van der Waals surface area contributed by atoms with E-state index in [0.29, 0.717) is 11.4 Å². The van der Waals surface area contributed by atoms with E-state index in [1.165, 1.54) is 29.4 Å². The fraction of sp³-hybridized carbons (Fsp3) is 0.308. The largest absolute Gasteiger partial charge is 0.482 e. The van der Waals surface area contributed by atoms with Gasteiger partial charge in [0.25, 0.3) is 11.8 Å². The van der Waals surface area contributed by atoms with Crippen molar-refractivity contribution in [3.05, 3.63) is 71.2 Å². The van der Waals surface area contributed by atoms with Crippen molar-refractivity contribution in [2.24, 2.45) is 0 Å². The molecule has 36 heavy (non-hydrogen) atoms. The molecule has 1 N–H and O–H groups in total. The molecule has 0 fully saturated rings. The van der Waals surface area contributed by atoms with Gasteiger partial charge >= 0.3 is 0 Å². The molecule has 1 atom stereocenters. The maximum absolute atomic E-state index is 13.9. The number of carbonyl (C=O) groups excluding carboxylic acids is 3. The molecule has 0 unspecified atom stereocenters. The van der Waals surface area contributed by atoms with E-state index in [1.54, 1.807) is 25.1 Å². The number of anilines is 1. The summed E-state index contributed by atoms with van der Waals surface area (Å²) in [5, 5.41) is 2.80. The minimum atomic E-state index is -0.563. The van der Waals surface area contributed by atoms with Crippen LogP contribution in [0.3, 0.4) is 0 Å². The van der Waals surface area contributed by atoms with Gasteiger partial charge in [0.1, 0.15) is 18.6 Å². The fourth-order valence-electron chi connectivity index (χ4n) is 3.52. The molecular formula is C26H26FN3O6. The first kappa shape index (κ1) is 24.9. The summed E-state index contributed by atoms with van der Waals surface area (Å²) in [5.74, 6) is -1.17. The van der Waals surface area contributed by atoms with Gasteiger partial charge in [-0.3, -0.25) is 19.3 Å². The standard InChI is InChI=1S/C26H26FN3O6/c1-4-16(3)28-26(33)19-12-36-24(29-19)11-30-20-10-17(6-8-22(20)35-14-25(30)32)21(31)13-34-23-9-15(2)5-7-18(23)27/h5-10,12,16H,4,11,13-14H2,1-3H3,(H,28,33)/t16-/m0/s1. The van der Waals surface area contributed by atoms with Crippen LogP contribution in [0.1, 0.15) is 52.6 Å². The van der Waals surface area contributed by atoms with Gasteiger partial charge in [-0.05, 0) is 56.2 Å². The lowest BCUT2D eigenvalue weighted by molar-refractivity contribution is -0.121. The first-order chi connectivity index (χ1) is 17.2. The number of Topliss-reactive ketones (excluding diaryl/α,β-unsaturated/α-hetero) is 1. The number of oxazole rings is 1. The summed E-state index contributed by atoms with van der Waals surface area (Å²) in [4.78, 5) is 43.3. The average Bonchev–Trinajstić information content (AvgIpc) is 3.34. The summed E-state index contributed by atoms with van der Waals surface area (Å²) in [6.07, 6.45) is 2.00.